The van der Waals surface area contributed by atoms with Crippen LogP contribution in [0, 0.1) is 10.1 Å². The molecule has 2 aromatic rings. The zero-order valence-electron chi connectivity index (χ0n) is 13.2. The van der Waals surface area contributed by atoms with E-state index in [0.29, 0.717) is 19.0 Å². The van der Waals surface area contributed by atoms with Gasteiger partial charge in [-0.25, -0.2) is 4.98 Å². The van der Waals surface area contributed by atoms with Crippen LogP contribution in [-0.2, 0) is 0 Å². The van der Waals surface area contributed by atoms with Crippen LogP contribution in [-0.4, -0.2) is 44.9 Å². The van der Waals surface area contributed by atoms with Crippen LogP contribution >= 0.6 is 11.6 Å². The number of benzene rings is 1. The molecule has 1 atom stereocenters. The standard InChI is InChI=1S/C16H15ClN4O4/c17-14-4-3-11(21(23)24)8-13(14)16(22)20-7-1-2-12(10-20)25-15-9-18-5-6-19-15/h3-6,8-9,12H,1-2,7,10H2. The summed E-state index contributed by atoms with van der Waals surface area (Å²) < 4.78 is 5.76. The summed E-state index contributed by atoms with van der Waals surface area (Å²) in [6, 6.07) is 3.84. The number of piperidine rings is 1. The normalized spacial score (nSPS) is 17.2. The van der Waals surface area contributed by atoms with Crippen molar-refractivity contribution >= 4 is 23.2 Å². The Kier molecular flexibility index (Phi) is 5.08. The monoisotopic (exact) mass is 362 g/mol. The van der Waals surface area contributed by atoms with E-state index in [9.17, 15) is 14.9 Å². The van der Waals surface area contributed by atoms with Crippen molar-refractivity contribution in [2.45, 2.75) is 18.9 Å². The third kappa shape index (κ3) is 4.03. The number of carbonyl (C=O) groups excluding carboxylic acids is 1. The van der Waals surface area contributed by atoms with Crippen LogP contribution in [0.3, 0.4) is 0 Å². The van der Waals surface area contributed by atoms with Crippen LogP contribution in [0.5, 0.6) is 5.88 Å². The Bertz CT molecular complexity index is 787. The Labute approximate surface area is 148 Å². The average molecular weight is 363 g/mol. The number of rotatable bonds is 4. The van der Waals surface area contributed by atoms with Crippen LogP contribution in [0.2, 0.25) is 5.02 Å². The number of nitro groups is 1. The van der Waals surface area contributed by atoms with Gasteiger partial charge < -0.3 is 9.64 Å². The first kappa shape index (κ1) is 17.1. The Morgan fingerprint density at radius 2 is 2.24 bits per heavy atom. The highest BCUT2D eigenvalue weighted by atomic mass is 35.5. The molecule has 1 aromatic heterocycles. The van der Waals surface area contributed by atoms with E-state index >= 15 is 0 Å². The van der Waals surface area contributed by atoms with Crippen LogP contribution in [0.25, 0.3) is 0 Å². The van der Waals surface area contributed by atoms with Crippen molar-refractivity contribution in [3.63, 3.8) is 0 Å². The minimum atomic E-state index is -0.552. The van der Waals surface area contributed by atoms with Crippen molar-refractivity contribution in [3.8, 4) is 5.88 Å². The summed E-state index contributed by atoms with van der Waals surface area (Å²) in [5.41, 5.74) is -0.0480. The van der Waals surface area contributed by atoms with Crippen molar-refractivity contribution in [1.29, 1.82) is 0 Å². The second-order valence-corrected chi connectivity index (χ2v) is 6.01. The molecule has 1 saturated heterocycles. The fourth-order valence-electron chi connectivity index (χ4n) is 2.70. The van der Waals surface area contributed by atoms with Crippen molar-refractivity contribution in [1.82, 2.24) is 14.9 Å². The number of nitro benzene ring substituents is 1. The third-order valence-electron chi connectivity index (χ3n) is 3.88. The Morgan fingerprint density at radius 3 is 2.96 bits per heavy atom. The molecule has 8 nitrogen and oxygen atoms in total. The highest BCUT2D eigenvalue weighted by molar-refractivity contribution is 6.33. The summed E-state index contributed by atoms with van der Waals surface area (Å²) in [5.74, 6) is 0.0522. The van der Waals surface area contributed by atoms with Gasteiger partial charge in [0.25, 0.3) is 11.6 Å². The summed E-state index contributed by atoms with van der Waals surface area (Å²) in [5, 5.41) is 11.1. The molecule has 2 heterocycles. The third-order valence-corrected chi connectivity index (χ3v) is 4.21. The number of ether oxygens (including phenoxy) is 1. The molecule has 1 unspecified atom stereocenters. The molecular weight excluding hydrogens is 348 g/mol. The number of aromatic nitrogens is 2. The largest absolute Gasteiger partial charge is 0.471 e. The van der Waals surface area contributed by atoms with Gasteiger partial charge in [-0.15, -0.1) is 0 Å². The van der Waals surface area contributed by atoms with Crippen LogP contribution in [0.15, 0.2) is 36.8 Å². The van der Waals surface area contributed by atoms with Gasteiger partial charge in [0, 0.05) is 31.1 Å². The molecule has 0 radical (unpaired) electrons. The van der Waals surface area contributed by atoms with Crippen LogP contribution < -0.4 is 4.74 Å². The van der Waals surface area contributed by atoms with Gasteiger partial charge in [-0.2, -0.15) is 0 Å². The maximum absolute atomic E-state index is 12.7. The minimum absolute atomic E-state index is 0.121. The van der Waals surface area contributed by atoms with E-state index in [1.54, 1.807) is 11.1 Å². The summed E-state index contributed by atoms with van der Waals surface area (Å²) in [7, 11) is 0. The maximum atomic E-state index is 12.7. The maximum Gasteiger partial charge on any atom is 0.270 e. The molecule has 25 heavy (non-hydrogen) atoms. The number of non-ortho nitro benzene ring substituents is 1. The molecule has 9 heteroatoms. The van der Waals surface area contributed by atoms with Gasteiger partial charge in [0.15, 0.2) is 0 Å². The Morgan fingerprint density at radius 1 is 1.40 bits per heavy atom. The molecule has 1 aliphatic rings. The van der Waals surface area contributed by atoms with E-state index in [1.165, 1.54) is 30.6 Å². The second-order valence-electron chi connectivity index (χ2n) is 5.60. The second kappa shape index (κ2) is 7.43. The minimum Gasteiger partial charge on any atom is -0.471 e. The topological polar surface area (TPSA) is 98.5 Å². The van der Waals surface area contributed by atoms with E-state index in [2.05, 4.69) is 9.97 Å². The van der Waals surface area contributed by atoms with Gasteiger partial charge in [-0.05, 0) is 18.9 Å². The number of halogens is 1. The van der Waals surface area contributed by atoms with E-state index < -0.39 is 4.92 Å². The van der Waals surface area contributed by atoms with Gasteiger partial charge in [0.05, 0.1) is 28.3 Å². The lowest BCUT2D eigenvalue weighted by atomic mass is 10.1. The van der Waals surface area contributed by atoms with Gasteiger partial charge in [-0.1, -0.05) is 11.6 Å². The molecule has 0 N–H and O–H groups in total. The van der Waals surface area contributed by atoms with Crippen molar-refractivity contribution in [2.75, 3.05) is 13.1 Å². The van der Waals surface area contributed by atoms with E-state index in [-0.39, 0.29) is 28.3 Å². The molecular formula is C16H15ClN4O4. The van der Waals surface area contributed by atoms with Crippen LogP contribution in [0.1, 0.15) is 23.2 Å². The number of amides is 1. The summed E-state index contributed by atoms with van der Waals surface area (Å²) >= 11 is 6.06. The summed E-state index contributed by atoms with van der Waals surface area (Å²) in [4.78, 5) is 32.7. The molecule has 1 aromatic carbocycles. The Balaban J connectivity index is 1.74. The highest BCUT2D eigenvalue weighted by Gasteiger charge is 2.28. The fourth-order valence-corrected chi connectivity index (χ4v) is 2.90. The number of hydrogen-bond acceptors (Lipinski definition) is 6. The predicted octanol–water partition coefficient (Wildman–Crippen LogP) is 2.72. The number of nitrogens with zero attached hydrogens (tertiary/aromatic N) is 4. The zero-order chi connectivity index (χ0) is 17.8. The molecule has 0 bridgehead atoms. The van der Waals surface area contributed by atoms with Crippen LogP contribution in [0.4, 0.5) is 5.69 Å². The lowest BCUT2D eigenvalue weighted by Crippen LogP contribution is -2.44. The Hall–Kier alpha value is -2.74. The molecule has 1 amide bonds. The van der Waals surface area contributed by atoms with E-state index in [4.69, 9.17) is 16.3 Å². The number of likely N-dealkylation sites (tertiary alicyclic amines) is 1. The first-order valence-corrected chi connectivity index (χ1v) is 8.08. The molecule has 1 fully saturated rings. The molecule has 1 aliphatic heterocycles. The molecule has 0 aliphatic carbocycles. The summed E-state index contributed by atoms with van der Waals surface area (Å²) in [6.45, 7) is 0.895. The quantitative estimate of drug-likeness (QED) is 0.612. The highest BCUT2D eigenvalue weighted by Crippen LogP contribution is 2.25. The van der Waals surface area contributed by atoms with E-state index in [1.807, 2.05) is 0 Å². The lowest BCUT2D eigenvalue weighted by Gasteiger charge is -2.32. The van der Waals surface area contributed by atoms with Gasteiger partial charge in [0.1, 0.15) is 6.10 Å². The van der Waals surface area contributed by atoms with Gasteiger partial charge in [-0.3, -0.25) is 19.9 Å². The lowest BCUT2D eigenvalue weighted by molar-refractivity contribution is -0.384. The van der Waals surface area contributed by atoms with Crippen molar-refractivity contribution < 1.29 is 14.5 Å². The predicted molar refractivity (Wildman–Crippen MR) is 89.7 cm³/mol. The fraction of sp³-hybridized carbons (Fsp3) is 0.312. The molecule has 0 saturated carbocycles. The first-order chi connectivity index (χ1) is 12.0. The SMILES string of the molecule is O=C(c1cc([N+](=O)[O-])ccc1Cl)N1CCCC(Oc2cnccn2)C1. The average Bonchev–Trinajstić information content (AvgIpc) is 2.62. The molecule has 0 spiro atoms. The smallest absolute Gasteiger partial charge is 0.270 e. The summed E-state index contributed by atoms with van der Waals surface area (Å²) in [6.07, 6.45) is 5.91. The van der Waals surface area contributed by atoms with Crippen molar-refractivity contribution in [2.24, 2.45) is 0 Å². The van der Waals surface area contributed by atoms with E-state index in [0.717, 1.165) is 12.8 Å². The van der Waals surface area contributed by atoms with Gasteiger partial charge in [0.2, 0.25) is 5.88 Å². The number of hydrogen-bond donors (Lipinski definition) is 0. The number of carbonyl (C=O) groups is 1. The zero-order valence-corrected chi connectivity index (χ0v) is 13.9. The van der Waals surface area contributed by atoms with Gasteiger partial charge >= 0.3 is 0 Å². The van der Waals surface area contributed by atoms with Crippen molar-refractivity contribution in [3.05, 3.63) is 57.5 Å². The molecule has 3 rings (SSSR count). The first-order valence-electron chi connectivity index (χ1n) is 7.70. The molecule has 130 valence electrons.